The molecule has 0 radical (unpaired) electrons. The smallest absolute Gasteiger partial charge is 0.239 e. The molecular formula is C14H20N2O2. The van der Waals surface area contributed by atoms with Crippen molar-refractivity contribution in [3.63, 3.8) is 0 Å². The van der Waals surface area contributed by atoms with Gasteiger partial charge < -0.3 is 15.4 Å². The molecule has 4 heteroatoms. The first-order valence-electron chi connectivity index (χ1n) is 6.07. The number of nitrogens with one attached hydrogen (secondary N) is 2. The average Bonchev–Trinajstić information content (AvgIpc) is 2.41. The van der Waals surface area contributed by atoms with Crippen LogP contribution in [0, 0.1) is 0 Å². The van der Waals surface area contributed by atoms with E-state index in [1.165, 1.54) is 0 Å². The summed E-state index contributed by atoms with van der Waals surface area (Å²) in [6.07, 6.45) is 2.64. The van der Waals surface area contributed by atoms with Crippen molar-refractivity contribution < 1.29 is 9.53 Å². The summed E-state index contributed by atoms with van der Waals surface area (Å²) in [5.74, 6) is -0.0360. The molecule has 0 bridgehead atoms. The van der Waals surface area contributed by atoms with Gasteiger partial charge in [0.15, 0.2) is 0 Å². The summed E-state index contributed by atoms with van der Waals surface area (Å²) in [4.78, 5) is 11.5. The minimum atomic E-state index is -0.0360. The molecule has 4 nitrogen and oxygen atoms in total. The normalized spacial score (nSPS) is 9.78. The van der Waals surface area contributed by atoms with Crippen LogP contribution < -0.4 is 10.6 Å². The zero-order valence-electron chi connectivity index (χ0n) is 10.5. The summed E-state index contributed by atoms with van der Waals surface area (Å²) in [6, 6.07) is 9.63. The van der Waals surface area contributed by atoms with Gasteiger partial charge in [-0.05, 0) is 18.6 Å². The molecule has 0 aliphatic carbocycles. The summed E-state index contributed by atoms with van der Waals surface area (Å²) >= 11 is 0. The molecule has 0 aliphatic heterocycles. The lowest BCUT2D eigenvalue weighted by molar-refractivity contribution is -0.119. The van der Waals surface area contributed by atoms with Crippen LogP contribution in [0.3, 0.4) is 0 Å². The van der Waals surface area contributed by atoms with Gasteiger partial charge in [0.1, 0.15) is 0 Å². The first-order valence-corrected chi connectivity index (χ1v) is 6.07. The van der Waals surface area contributed by atoms with Gasteiger partial charge in [-0.3, -0.25) is 4.79 Å². The van der Waals surface area contributed by atoms with Crippen molar-refractivity contribution in [1.29, 1.82) is 0 Å². The van der Waals surface area contributed by atoms with Gasteiger partial charge in [-0.15, -0.1) is 6.58 Å². The monoisotopic (exact) mass is 248 g/mol. The lowest BCUT2D eigenvalue weighted by atomic mass is 10.3. The summed E-state index contributed by atoms with van der Waals surface area (Å²) < 4.78 is 5.28. The number of para-hydroxylation sites is 1. The number of hydrogen-bond donors (Lipinski definition) is 2. The molecule has 1 aromatic rings. The number of carbonyl (C=O) groups is 1. The third-order valence-electron chi connectivity index (χ3n) is 2.26. The van der Waals surface area contributed by atoms with E-state index in [0.717, 1.165) is 12.1 Å². The largest absolute Gasteiger partial charge is 0.379 e. The van der Waals surface area contributed by atoms with Gasteiger partial charge >= 0.3 is 0 Å². The summed E-state index contributed by atoms with van der Waals surface area (Å²) in [6.45, 7) is 5.60. The highest BCUT2D eigenvalue weighted by Gasteiger charge is 1.99. The molecule has 0 saturated carbocycles. The van der Waals surface area contributed by atoms with Gasteiger partial charge in [0.2, 0.25) is 5.91 Å². The Kier molecular flexibility index (Phi) is 7.32. The van der Waals surface area contributed by atoms with Gasteiger partial charge in [-0.2, -0.15) is 0 Å². The van der Waals surface area contributed by atoms with Crippen LogP contribution in [0.4, 0.5) is 5.69 Å². The third kappa shape index (κ3) is 6.70. The standard InChI is InChI=1S/C14H20N2O2/c1-2-3-10-18-11-9-15-14(17)12-16-13-7-5-4-6-8-13/h2,4-8,16H,1,3,9-12H2,(H,15,17). The minimum absolute atomic E-state index is 0.0360. The molecule has 0 saturated heterocycles. The predicted molar refractivity (Wildman–Crippen MR) is 73.6 cm³/mol. The molecular weight excluding hydrogens is 228 g/mol. The van der Waals surface area contributed by atoms with Crippen molar-refractivity contribution in [2.45, 2.75) is 6.42 Å². The second-order valence-electron chi connectivity index (χ2n) is 3.76. The fourth-order valence-electron chi connectivity index (χ4n) is 1.33. The van der Waals surface area contributed by atoms with Crippen molar-refractivity contribution >= 4 is 11.6 Å². The lowest BCUT2D eigenvalue weighted by Gasteiger charge is -2.07. The Hall–Kier alpha value is -1.81. The van der Waals surface area contributed by atoms with E-state index in [1.807, 2.05) is 36.4 Å². The Bertz CT molecular complexity index is 352. The Morgan fingerprint density at radius 3 is 2.78 bits per heavy atom. The van der Waals surface area contributed by atoms with E-state index in [9.17, 15) is 4.79 Å². The molecule has 1 aromatic carbocycles. The maximum Gasteiger partial charge on any atom is 0.239 e. The summed E-state index contributed by atoms with van der Waals surface area (Å²) in [7, 11) is 0. The highest BCUT2D eigenvalue weighted by molar-refractivity contribution is 5.80. The zero-order chi connectivity index (χ0) is 13.1. The number of carbonyl (C=O) groups excluding carboxylic acids is 1. The molecule has 0 aromatic heterocycles. The van der Waals surface area contributed by atoms with Crippen molar-refractivity contribution in [3.05, 3.63) is 43.0 Å². The molecule has 98 valence electrons. The van der Waals surface area contributed by atoms with Crippen LogP contribution in [0.1, 0.15) is 6.42 Å². The van der Waals surface area contributed by atoms with Crippen LogP contribution in [0.25, 0.3) is 0 Å². The van der Waals surface area contributed by atoms with Gasteiger partial charge in [0, 0.05) is 12.2 Å². The van der Waals surface area contributed by atoms with Crippen LogP contribution in [-0.4, -0.2) is 32.2 Å². The molecule has 0 aliphatic rings. The molecule has 0 heterocycles. The van der Waals surface area contributed by atoms with Crippen molar-refractivity contribution in [1.82, 2.24) is 5.32 Å². The topological polar surface area (TPSA) is 50.4 Å². The first-order chi connectivity index (χ1) is 8.83. The lowest BCUT2D eigenvalue weighted by Crippen LogP contribution is -2.32. The fraction of sp³-hybridized carbons (Fsp3) is 0.357. The van der Waals surface area contributed by atoms with Gasteiger partial charge in [-0.1, -0.05) is 24.3 Å². The molecule has 1 rings (SSSR count). The van der Waals surface area contributed by atoms with Crippen molar-refractivity contribution in [2.75, 3.05) is 31.6 Å². The highest BCUT2D eigenvalue weighted by Crippen LogP contribution is 2.03. The van der Waals surface area contributed by atoms with Gasteiger partial charge in [-0.25, -0.2) is 0 Å². The quantitative estimate of drug-likeness (QED) is 0.517. The maximum atomic E-state index is 11.5. The highest BCUT2D eigenvalue weighted by atomic mass is 16.5. The Morgan fingerprint density at radius 2 is 2.06 bits per heavy atom. The molecule has 0 spiro atoms. The van der Waals surface area contributed by atoms with Crippen LogP contribution in [0.2, 0.25) is 0 Å². The van der Waals surface area contributed by atoms with E-state index in [0.29, 0.717) is 19.8 Å². The van der Waals surface area contributed by atoms with E-state index < -0.39 is 0 Å². The maximum absolute atomic E-state index is 11.5. The third-order valence-corrected chi connectivity index (χ3v) is 2.26. The van der Waals surface area contributed by atoms with Crippen LogP contribution >= 0.6 is 0 Å². The fourth-order valence-corrected chi connectivity index (χ4v) is 1.33. The molecule has 0 unspecified atom stereocenters. The number of hydrogen-bond acceptors (Lipinski definition) is 3. The summed E-state index contributed by atoms with van der Waals surface area (Å²) in [5, 5.41) is 5.82. The molecule has 1 amide bonds. The molecule has 0 atom stereocenters. The van der Waals surface area contributed by atoms with Gasteiger partial charge in [0.05, 0.1) is 19.8 Å². The Morgan fingerprint density at radius 1 is 1.28 bits per heavy atom. The number of benzene rings is 1. The number of amides is 1. The number of rotatable bonds is 9. The minimum Gasteiger partial charge on any atom is -0.379 e. The number of ether oxygens (including phenoxy) is 1. The van der Waals surface area contributed by atoms with E-state index in [4.69, 9.17) is 4.74 Å². The average molecular weight is 248 g/mol. The van der Waals surface area contributed by atoms with E-state index >= 15 is 0 Å². The van der Waals surface area contributed by atoms with Crippen molar-refractivity contribution in [3.8, 4) is 0 Å². The zero-order valence-corrected chi connectivity index (χ0v) is 10.5. The van der Waals surface area contributed by atoms with E-state index in [-0.39, 0.29) is 12.5 Å². The van der Waals surface area contributed by atoms with Crippen LogP contribution in [0.15, 0.2) is 43.0 Å². The van der Waals surface area contributed by atoms with E-state index in [2.05, 4.69) is 17.2 Å². The second-order valence-corrected chi connectivity index (χ2v) is 3.76. The SMILES string of the molecule is C=CCCOCCNC(=O)CNc1ccccc1. The predicted octanol–water partition coefficient (Wildman–Crippen LogP) is 1.81. The van der Waals surface area contributed by atoms with Crippen LogP contribution in [-0.2, 0) is 9.53 Å². The number of anilines is 1. The Labute approximate surface area is 108 Å². The van der Waals surface area contributed by atoms with E-state index in [1.54, 1.807) is 0 Å². The Balaban J connectivity index is 2.02. The first kappa shape index (κ1) is 14.3. The summed E-state index contributed by atoms with van der Waals surface area (Å²) in [5.41, 5.74) is 0.940. The molecule has 2 N–H and O–H groups in total. The molecule has 18 heavy (non-hydrogen) atoms. The van der Waals surface area contributed by atoms with Crippen LogP contribution in [0.5, 0.6) is 0 Å². The van der Waals surface area contributed by atoms with Gasteiger partial charge in [0.25, 0.3) is 0 Å². The van der Waals surface area contributed by atoms with Crippen molar-refractivity contribution in [2.24, 2.45) is 0 Å². The molecule has 0 fully saturated rings. The second kappa shape index (κ2) is 9.24.